The molecule has 0 saturated carbocycles. The van der Waals surface area contributed by atoms with E-state index in [0.29, 0.717) is 12.5 Å². The lowest BCUT2D eigenvalue weighted by atomic mass is 10.0. The predicted octanol–water partition coefficient (Wildman–Crippen LogP) is 4.41. The Kier molecular flexibility index (Phi) is 4.85. The van der Waals surface area contributed by atoms with E-state index in [1.54, 1.807) is 0 Å². The van der Waals surface area contributed by atoms with Gasteiger partial charge in [-0.05, 0) is 29.9 Å². The zero-order valence-electron chi connectivity index (χ0n) is 13.4. The summed E-state index contributed by atoms with van der Waals surface area (Å²) in [6.07, 6.45) is -0.713. The highest BCUT2D eigenvalue weighted by molar-refractivity contribution is 9.10. The smallest absolute Gasteiger partial charge is 0.159 e. The average molecular weight is 394 g/mol. The summed E-state index contributed by atoms with van der Waals surface area (Å²) in [6.45, 7) is 6.82. The molecule has 2 aromatic rings. The third-order valence-corrected chi connectivity index (χ3v) is 6.30. The molecule has 0 amide bonds. The van der Waals surface area contributed by atoms with Crippen molar-refractivity contribution in [1.29, 1.82) is 0 Å². The highest BCUT2D eigenvalue weighted by atomic mass is 79.9. The summed E-state index contributed by atoms with van der Waals surface area (Å²) in [5, 5.41) is 11.8. The second-order valence-corrected chi connectivity index (χ2v) is 7.83. The van der Waals surface area contributed by atoms with Crippen molar-refractivity contribution in [2.75, 3.05) is 0 Å². The molecule has 4 nitrogen and oxygen atoms in total. The van der Waals surface area contributed by atoms with E-state index in [2.05, 4.69) is 46.3 Å². The van der Waals surface area contributed by atoms with E-state index in [9.17, 15) is 5.11 Å². The van der Waals surface area contributed by atoms with Gasteiger partial charge in [0.15, 0.2) is 6.23 Å². The van der Waals surface area contributed by atoms with Crippen LogP contribution in [0.15, 0.2) is 35.3 Å². The maximum atomic E-state index is 10.9. The van der Waals surface area contributed by atoms with Gasteiger partial charge in [0.1, 0.15) is 10.8 Å². The molecule has 1 aromatic carbocycles. The van der Waals surface area contributed by atoms with Gasteiger partial charge in [0, 0.05) is 6.54 Å². The molecule has 0 fully saturated rings. The van der Waals surface area contributed by atoms with E-state index in [1.165, 1.54) is 11.5 Å². The number of fused-ring (bicyclic) bond motifs is 1. The monoisotopic (exact) mass is 393 g/mol. The Hall–Kier alpha value is -1.24. The Balaban J connectivity index is 2.02. The Morgan fingerprint density at radius 3 is 2.65 bits per heavy atom. The van der Waals surface area contributed by atoms with Gasteiger partial charge >= 0.3 is 0 Å². The third-order valence-electron chi connectivity index (χ3n) is 3.98. The van der Waals surface area contributed by atoms with Gasteiger partial charge in [-0.25, -0.2) is 4.99 Å². The number of alkyl halides is 1. The van der Waals surface area contributed by atoms with Crippen LogP contribution in [0.3, 0.4) is 0 Å². The molecular formula is C17H20BrN3OS. The fourth-order valence-corrected chi connectivity index (χ4v) is 3.83. The van der Waals surface area contributed by atoms with Crippen LogP contribution in [0.5, 0.6) is 0 Å². The summed E-state index contributed by atoms with van der Waals surface area (Å²) in [7, 11) is 0. The number of aliphatic hydroxyl groups excluding tert-OH is 1. The lowest BCUT2D eigenvalue weighted by Crippen LogP contribution is -2.42. The molecule has 2 atom stereocenters. The molecule has 0 saturated heterocycles. The average Bonchev–Trinajstić information content (AvgIpc) is 2.91. The van der Waals surface area contributed by atoms with Gasteiger partial charge in [-0.3, -0.25) is 0 Å². The van der Waals surface area contributed by atoms with Crippen molar-refractivity contribution in [3.63, 3.8) is 0 Å². The van der Waals surface area contributed by atoms with Crippen LogP contribution in [-0.2, 0) is 6.54 Å². The first kappa shape index (κ1) is 16.6. The number of hydrogen-bond acceptors (Lipinski definition) is 5. The molecule has 1 aliphatic heterocycles. The molecule has 122 valence electrons. The molecule has 1 aromatic heterocycles. The zero-order valence-corrected chi connectivity index (χ0v) is 15.8. The number of aromatic nitrogens is 1. The number of benzene rings is 1. The highest BCUT2D eigenvalue weighted by Gasteiger charge is 2.35. The van der Waals surface area contributed by atoms with Crippen molar-refractivity contribution in [1.82, 2.24) is 9.27 Å². The maximum absolute atomic E-state index is 10.9. The summed E-state index contributed by atoms with van der Waals surface area (Å²) in [4.78, 5) is 6.86. The van der Waals surface area contributed by atoms with Crippen LogP contribution in [0.4, 0.5) is 5.00 Å². The van der Waals surface area contributed by atoms with Crippen molar-refractivity contribution < 1.29 is 5.11 Å². The van der Waals surface area contributed by atoms with E-state index in [0.717, 1.165) is 27.7 Å². The van der Waals surface area contributed by atoms with Crippen LogP contribution in [0, 0.1) is 12.8 Å². The summed E-state index contributed by atoms with van der Waals surface area (Å²) in [6, 6.07) is 10.2. The Labute approximate surface area is 149 Å². The lowest BCUT2D eigenvalue weighted by molar-refractivity contribution is 0.0435. The summed E-state index contributed by atoms with van der Waals surface area (Å²) >= 11 is 5.10. The van der Waals surface area contributed by atoms with Crippen LogP contribution in [0.25, 0.3) is 0 Å². The summed E-state index contributed by atoms with van der Waals surface area (Å²) < 4.78 is 4.36. The van der Waals surface area contributed by atoms with E-state index in [-0.39, 0.29) is 4.83 Å². The van der Waals surface area contributed by atoms with Gasteiger partial charge < -0.3 is 10.0 Å². The summed E-state index contributed by atoms with van der Waals surface area (Å²) in [5.41, 5.74) is 2.83. The maximum Gasteiger partial charge on any atom is 0.159 e. The van der Waals surface area contributed by atoms with Gasteiger partial charge in [-0.15, -0.1) is 0 Å². The highest BCUT2D eigenvalue weighted by Crippen LogP contribution is 2.41. The van der Waals surface area contributed by atoms with E-state index < -0.39 is 6.23 Å². The van der Waals surface area contributed by atoms with Crippen molar-refractivity contribution >= 4 is 38.3 Å². The van der Waals surface area contributed by atoms with Gasteiger partial charge in [-0.2, -0.15) is 4.37 Å². The molecule has 1 aliphatic rings. The zero-order chi connectivity index (χ0) is 16.6. The Morgan fingerprint density at radius 2 is 2.00 bits per heavy atom. The number of amidine groups is 1. The van der Waals surface area contributed by atoms with Gasteiger partial charge in [0.25, 0.3) is 0 Å². The number of aliphatic hydroxyl groups is 1. The first-order chi connectivity index (χ1) is 11.0. The molecule has 1 N–H and O–H groups in total. The molecule has 0 spiro atoms. The predicted molar refractivity (Wildman–Crippen MR) is 98.4 cm³/mol. The third kappa shape index (κ3) is 3.20. The minimum Gasteiger partial charge on any atom is -0.369 e. The number of hydrogen-bond donors (Lipinski definition) is 1. The lowest BCUT2D eigenvalue weighted by Gasteiger charge is -2.37. The molecule has 0 bridgehead atoms. The second kappa shape index (κ2) is 6.71. The first-order valence-electron chi connectivity index (χ1n) is 7.66. The normalized spacial score (nSPS) is 18.8. The van der Waals surface area contributed by atoms with Gasteiger partial charge in [-0.1, -0.05) is 60.1 Å². The molecule has 23 heavy (non-hydrogen) atoms. The van der Waals surface area contributed by atoms with Crippen molar-refractivity contribution in [3.05, 3.63) is 47.2 Å². The van der Waals surface area contributed by atoms with Crippen molar-refractivity contribution in [3.8, 4) is 0 Å². The number of rotatable bonds is 4. The standard InChI is InChI=1S/C17H20BrN3OS/c1-10(2)14(18)15-19-16-13(11(3)20-23-16)17(22)21(15)9-12-7-5-4-6-8-12/h4-8,10,14,17,22H,9H2,1-3H3. The van der Waals surface area contributed by atoms with Crippen LogP contribution < -0.4 is 0 Å². The molecule has 2 heterocycles. The van der Waals surface area contributed by atoms with Gasteiger partial charge in [0.05, 0.1) is 16.1 Å². The Morgan fingerprint density at radius 1 is 1.30 bits per heavy atom. The molecule has 6 heteroatoms. The largest absolute Gasteiger partial charge is 0.369 e. The molecule has 0 aliphatic carbocycles. The molecule has 3 rings (SSSR count). The van der Waals surface area contributed by atoms with E-state index >= 15 is 0 Å². The van der Waals surface area contributed by atoms with E-state index in [4.69, 9.17) is 4.99 Å². The summed E-state index contributed by atoms with van der Waals surface area (Å²) in [5.74, 6) is 1.24. The van der Waals surface area contributed by atoms with Crippen LogP contribution in [-0.4, -0.2) is 25.0 Å². The number of aliphatic imine (C=N–C) groups is 1. The Bertz CT molecular complexity index is 714. The van der Waals surface area contributed by atoms with E-state index in [1.807, 2.05) is 30.0 Å². The molecule has 0 radical (unpaired) electrons. The SMILES string of the molecule is Cc1nsc2c1C(O)N(Cc1ccccc1)C(C(Br)C(C)C)=N2. The van der Waals surface area contributed by atoms with Crippen LogP contribution >= 0.6 is 27.5 Å². The number of aryl methyl sites for hydroxylation is 1. The number of halogens is 1. The quantitative estimate of drug-likeness (QED) is 0.782. The van der Waals surface area contributed by atoms with Gasteiger partial charge in [0.2, 0.25) is 0 Å². The number of nitrogens with zero attached hydrogens (tertiary/aromatic N) is 3. The minimum absolute atomic E-state index is 0.0800. The van der Waals surface area contributed by atoms with Crippen LogP contribution in [0.2, 0.25) is 0 Å². The van der Waals surface area contributed by atoms with Crippen LogP contribution in [0.1, 0.15) is 36.9 Å². The molecule has 2 unspecified atom stereocenters. The van der Waals surface area contributed by atoms with Crippen molar-refractivity contribution in [2.24, 2.45) is 10.9 Å². The molecular weight excluding hydrogens is 374 g/mol. The topological polar surface area (TPSA) is 48.7 Å². The fourth-order valence-electron chi connectivity index (χ4n) is 2.66. The fraction of sp³-hybridized carbons (Fsp3) is 0.412. The second-order valence-electron chi connectivity index (χ2n) is 6.09. The first-order valence-corrected chi connectivity index (χ1v) is 9.35. The minimum atomic E-state index is -0.713. The van der Waals surface area contributed by atoms with Crippen molar-refractivity contribution in [2.45, 2.75) is 38.4 Å².